The Bertz CT molecular complexity index is 648. The fraction of sp³-hybridized carbons (Fsp3) is 0.500. The summed E-state index contributed by atoms with van der Waals surface area (Å²) in [6.45, 7) is 3.60. The van der Waals surface area contributed by atoms with E-state index >= 15 is 0 Å². The van der Waals surface area contributed by atoms with Gasteiger partial charge in [-0.2, -0.15) is 5.10 Å². The molecule has 2 rings (SSSR count). The lowest BCUT2D eigenvalue weighted by molar-refractivity contribution is -0.132. The Labute approximate surface area is 154 Å². The summed E-state index contributed by atoms with van der Waals surface area (Å²) < 4.78 is 10.3. The molecule has 6 nitrogen and oxygen atoms in total. The number of thiocarbonyl (C=S) groups is 1. The Hall–Kier alpha value is -2.15. The molecule has 0 radical (unpaired) electrons. The van der Waals surface area contributed by atoms with Crippen LogP contribution >= 0.6 is 12.2 Å². The molecule has 0 spiro atoms. The second-order valence-electron chi connectivity index (χ2n) is 6.22. The van der Waals surface area contributed by atoms with Gasteiger partial charge in [-0.1, -0.05) is 19.8 Å². The summed E-state index contributed by atoms with van der Waals surface area (Å²) in [4.78, 5) is 11.1. The number of hydrogen-bond donors (Lipinski definition) is 2. The highest BCUT2D eigenvalue weighted by Crippen LogP contribution is 2.27. The van der Waals surface area contributed by atoms with Crippen molar-refractivity contribution in [2.45, 2.75) is 45.6 Å². The molecule has 0 bridgehead atoms. The highest BCUT2D eigenvalue weighted by atomic mass is 32.1. The maximum atomic E-state index is 11.1. The van der Waals surface area contributed by atoms with E-state index in [9.17, 15) is 4.79 Å². The van der Waals surface area contributed by atoms with Crippen molar-refractivity contribution in [1.29, 1.82) is 0 Å². The maximum Gasteiger partial charge on any atom is 0.308 e. The van der Waals surface area contributed by atoms with Gasteiger partial charge >= 0.3 is 5.97 Å². The van der Waals surface area contributed by atoms with Crippen LogP contribution in [0.1, 0.15) is 45.1 Å². The van der Waals surface area contributed by atoms with Gasteiger partial charge < -0.3 is 14.8 Å². The molecule has 0 amide bonds. The van der Waals surface area contributed by atoms with Gasteiger partial charge in [-0.3, -0.25) is 10.2 Å². The van der Waals surface area contributed by atoms with Gasteiger partial charge in [0.25, 0.3) is 0 Å². The van der Waals surface area contributed by atoms with Crippen LogP contribution in [0.15, 0.2) is 23.3 Å². The van der Waals surface area contributed by atoms with Crippen molar-refractivity contribution in [2.75, 3.05) is 7.11 Å². The Morgan fingerprint density at radius 1 is 1.32 bits per heavy atom. The number of hydrazone groups is 1. The summed E-state index contributed by atoms with van der Waals surface area (Å²) in [6.07, 6.45) is 6.54. The Kier molecular flexibility index (Phi) is 7.18. The number of rotatable bonds is 5. The van der Waals surface area contributed by atoms with E-state index in [4.69, 9.17) is 21.7 Å². The number of nitrogens with zero attached hydrogens (tertiary/aromatic N) is 1. The molecular weight excluding hydrogens is 338 g/mol. The van der Waals surface area contributed by atoms with Gasteiger partial charge in [0.2, 0.25) is 0 Å². The van der Waals surface area contributed by atoms with E-state index in [1.54, 1.807) is 24.4 Å². The zero-order chi connectivity index (χ0) is 18.2. The summed E-state index contributed by atoms with van der Waals surface area (Å²) in [5, 5.41) is 8.02. The van der Waals surface area contributed by atoms with Gasteiger partial charge in [0.15, 0.2) is 16.6 Å². The van der Waals surface area contributed by atoms with Crippen LogP contribution in [0.3, 0.4) is 0 Å². The average Bonchev–Trinajstić information content (AvgIpc) is 2.57. The highest BCUT2D eigenvalue weighted by Gasteiger charge is 2.21. The third-order valence-corrected chi connectivity index (χ3v) is 4.46. The topological polar surface area (TPSA) is 71.9 Å². The van der Waals surface area contributed by atoms with Crippen molar-refractivity contribution in [3.05, 3.63) is 23.8 Å². The summed E-state index contributed by atoms with van der Waals surface area (Å²) in [7, 11) is 1.52. The third kappa shape index (κ3) is 6.01. The summed E-state index contributed by atoms with van der Waals surface area (Å²) >= 11 is 5.30. The molecular formula is C18H25N3O3S. The second kappa shape index (κ2) is 9.36. The zero-order valence-electron chi connectivity index (χ0n) is 14.9. The number of benzene rings is 1. The molecule has 0 aromatic heterocycles. The van der Waals surface area contributed by atoms with E-state index in [0.717, 1.165) is 12.0 Å². The van der Waals surface area contributed by atoms with Crippen molar-refractivity contribution in [1.82, 2.24) is 10.7 Å². The number of nitrogens with one attached hydrogen (secondary N) is 2. The summed E-state index contributed by atoms with van der Waals surface area (Å²) in [5.41, 5.74) is 3.65. The predicted molar refractivity (Wildman–Crippen MR) is 102 cm³/mol. The van der Waals surface area contributed by atoms with Gasteiger partial charge in [-0.15, -0.1) is 0 Å². The van der Waals surface area contributed by atoms with Crippen LogP contribution in [0.4, 0.5) is 0 Å². The molecule has 0 aliphatic heterocycles. The van der Waals surface area contributed by atoms with E-state index < -0.39 is 5.97 Å². The minimum Gasteiger partial charge on any atom is -0.493 e. The molecule has 0 unspecified atom stereocenters. The summed E-state index contributed by atoms with van der Waals surface area (Å²) in [5.74, 6) is 1.07. The van der Waals surface area contributed by atoms with E-state index in [2.05, 4.69) is 22.8 Å². The van der Waals surface area contributed by atoms with Crippen molar-refractivity contribution < 1.29 is 14.3 Å². The molecule has 1 aliphatic rings. The zero-order valence-corrected chi connectivity index (χ0v) is 15.7. The number of esters is 1. The molecule has 2 atom stereocenters. The van der Waals surface area contributed by atoms with Gasteiger partial charge in [-0.25, -0.2) is 0 Å². The van der Waals surface area contributed by atoms with Crippen LogP contribution in [0.2, 0.25) is 0 Å². The van der Waals surface area contributed by atoms with Gasteiger partial charge in [0.1, 0.15) is 0 Å². The Morgan fingerprint density at radius 3 is 2.76 bits per heavy atom. The van der Waals surface area contributed by atoms with Crippen LogP contribution in [0, 0.1) is 5.92 Å². The van der Waals surface area contributed by atoms with Gasteiger partial charge in [-0.05, 0) is 54.7 Å². The lowest BCUT2D eigenvalue weighted by Gasteiger charge is -2.30. The first kappa shape index (κ1) is 19.2. The third-order valence-electron chi connectivity index (χ3n) is 4.25. The van der Waals surface area contributed by atoms with Crippen molar-refractivity contribution in [3.63, 3.8) is 0 Å². The lowest BCUT2D eigenvalue weighted by Crippen LogP contribution is -2.44. The monoisotopic (exact) mass is 363 g/mol. The molecule has 1 saturated carbocycles. The largest absolute Gasteiger partial charge is 0.493 e. The molecule has 1 aromatic rings. The minimum atomic E-state index is -0.394. The van der Waals surface area contributed by atoms with E-state index in [-0.39, 0.29) is 0 Å². The predicted octanol–water partition coefficient (Wildman–Crippen LogP) is 3.00. The molecule has 0 saturated heterocycles. The van der Waals surface area contributed by atoms with E-state index in [1.165, 1.54) is 33.3 Å². The lowest BCUT2D eigenvalue weighted by atomic mass is 9.86. The summed E-state index contributed by atoms with van der Waals surface area (Å²) in [6, 6.07) is 5.60. The first-order chi connectivity index (χ1) is 12.0. The smallest absolute Gasteiger partial charge is 0.308 e. The normalized spacial score (nSPS) is 20.1. The first-order valence-corrected chi connectivity index (χ1v) is 8.86. The standard InChI is InChI=1S/C18H25N3O3S/c1-12-6-4-5-7-15(12)20-18(25)21-19-11-14-8-9-16(24-13(2)22)17(10-14)23-3/h8-12,15H,4-7H2,1-3H3,(H2,20,21,25)/b19-11-/t12-,15+/m0/s1. The fourth-order valence-electron chi connectivity index (χ4n) is 2.90. The highest BCUT2D eigenvalue weighted by molar-refractivity contribution is 7.80. The quantitative estimate of drug-likeness (QED) is 0.275. The van der Waals surface area contributed by atoms with Crippen molar-refractivity contribution >= 4 is 29.5 Å². The van der Waals surface area contributed by atoms with Crippen LogP contribution in [0.25, 0.3) is 0 Å². The van der Waals surface area contributed by atoms with E-state index in [0.29, 0.717) is 28.6 Å². The molecule has 136 valence electrons. The van der Waals surface area contributed by atoms with Crippen LogP contribution in [-0.2, 0) is 4.79 Å². The Balaban J connectivity index is 1.90. The van der Waals surface area contributed by atoms with Gasteiger partial charge in [0, 0.05) is 13.0 Å². The van der Waals surface area contributed by atoms with E-state index in [1.807, 2.05) is 0 Å². The SMILES string of the molecule is COc1cc(/C=N\NC(=S)N[C@@H]2CCCC[C@@H]2C)ccc1OC(C)=O. The average molecular weight is 363 g/mol. The first-order valence-electron chi connectivity index (χ1n) is 8.45. The molecule has 1 aromatic carbocycles. The van der Waals surface area contributed by atoms with Gasteiger partial charge in [0.05, 0.1) is 13.3 Å². The number of carbonyl (C=O) groups is 1. The van der Waals surface area contributed by atoms with Crippen LogP contribution in [-0.4, -0.2) is 30.4 Å². The van der Waals surface area contributed by atoms with Crippen molar-refractivity contribution in [2.24, 2.45) is 11.0 Å². The number of carbonyl (C=O) groups excluding carboxylic acids is 1. The molecule has 1 aliphatic carbocycles. The Morgan fingerprint density at radius 2 is 2.08 bits per heavy atom. The number of ether oxygens (including phenoxy) is 2. The van der Waals surface area contributed by atoms with Crippen LogP contribution in [0.5, 0.6) is 11.5 Å². The molecule has 1 fully saturated rings. The molecule has 2 N–H and O–H groups in total. The van der Waals surface area contributed by atoms with Crippen LogP contribution < -0.4 is 20.2 Å². The second-order valence-corrected chi connectivity index (χ2v) is 6.62. The minimum absolute atomic E-state index is 0.378. The number of hydrogen-bond acceptors (Lipinski definition) is 5. The fourth-order valence-corrected chi connectivity index (χ4v) is 3.10. The number of methoxy groups -OCH3 is 1. The molecule has 25 heavy (non-hydrogen) atoms. The van der Waals surface area contributed by atoms with Crippen molar-refractivity contribution in [3.8, 4) is 11.5 Å². The maximum absolute atomic E-state index is 11.1. The molecule has 0 heterocycles. The molecule has 7 heteroatoms.